The first-order valence-corrected chi connectivity index (χ1v) is 15.9. The van der Waals surface area contributed by atoms with Crippen molar-refractivity contribution in [2.45, 2.75) is 96.1 Å². The van der Waals surface area contributed by atoms with E-state index in [2.05, 4.69) is 25.5 Å². The van der Waals surface area contributed by atoms with Crippen LogP contribution in [0.25, 0.3) is 10.8 Å². The minimum Gasteiger partial charge on any atom is -0.444 e. The Bertz CT molecular complexity index is 1950. The monoisotopic (exact) mass is 662 g/mol. The number of hydrogen-bond acceptors (Lipinski definition) is 7. The van der Waals surface area contributed by atoms with E-state index >= 15 is 0 Å². The van der Waals surface area contributed by atoms with Crippen molar-refractivity contribution in [1.29, 1.82) is 0 Å². The van der Waals surface area contributed by atoms with Crippen LogP contribution in [0.1, 0.15) is 91.8 Å². The topological polar surface area (TPSA) is 130 Å². The van der Waals surface area contributed by atoms with E-state index in [0.29, 0.717) is 47.0 Å². The van der Waals surface area contributed by atoms with Crippen LogP contribution in [0.4, 0.5) is 18.0 Å². The third-order valence-electron chi connectivity index (χ3n) is 8.99. The van der Waals surface area contributed by atoms with E-state index in [1.54, 1.807) is 50.1 Å². The Hall–Kier alpha value is -4.81. The predicted octanol–water partition coefficient (Wildman–Crippen LogP) is 6.20. The first-order chi connectivity index (χ1) is 22.7. The molecule has 4 aromatic rings. The molecular weight excluding hydrogens is 625 g/mol. The van der Waals surface area contributed by atoms with Gasteiger partial charge in [-0.05, 0) is 101 Å². The number of pyridine rings is 2. The van der Waals surface area contributed by atoms with Gasteiger partial charge in [-0.15, -0.1) is 0 Å². The molecule has 2 amide bonds. The van der Waals surface area contributed by atoms with Crippen molar-refractivity contribution in [2.24, 2.45) is 0 Å². The lowest BCUT2D eigenvalue weighted by Gasteiger charge is -2.37. The fourth-order valence-electron chi connectivity index (χ4n) is 6.53. The molecule has 2 aliphatic carbocycles. The van der Waals surface area contributed by atoms with Gasteiger partial charge in [0.2, 0.25) is 5.91 Å². The number of benzene rings is 1. The Kier molecular flexibility index (Phi) is 8.50. The van der Waals surface area contributed by atoms with Gasteiger partial charge < -0.3 is 15.0 Å². The number of aryl methyl sites for hydroxylation is 2. The Labute approximate surface area is 275 Å². The predicted molar refractivity (Wildman–Crippen MR) is 171 cm³/mol. The van der Waals surface area contributed by atoms with Crippen LogP contribution < -0.4 is 10.9 Å². The second kappa shape index (κ2) is 12.3. The summed E-state index contributed by atoms with van der Waals surface area (Å²) < 4.78 is 45.9. The van der Waals surface area contributed by atoms with Gasteiger partial charge in [0.25, 0.3) is 5.56 Å². The molecule has 1 fully saturated rings. The third-order valence-corrected chi connectivity index (χ3v) is 8.99. The zero-order valence-electron chi connectivity index (χ0n) is 27.2. The van der Waals surface area contributed by atoms with Gasteiger partial charge in [-0.1, -0.05) is 12.1 Å². The van der Waals surface area contributed by atoms with E-state index < -0.39 is 40.5 Å². The molecule has 48 heavy (non-hydrogen) atoms. The maximum atomic E-state index is 14.8. The summed E-state index contributed by atoms with van der Waals surface area (Å²) in [7, 11) is 0. The second-order valence-corrected chi connectivity index (χ2v) is 13.6. The number of hydrogen-bond donors (Lipinski definition) is 2. The van der Waals surface area contributed by atoms with Gasteiger partial charge in [-0.2, -0.15) is 18.3 Å². The zero-order chi connectivity index (χ0) is 34.4. The van der Waals surface area contributed by atoms with Crippen molar-refractivity contribution in [3.8, 4) is 0 Å². The van der Waals surface area contributed by atoms with Crippen molar-refractivity contribution in [2.75, 3.05) is 0 Å². The van der Waals surface area contributed by atoms with Gasteiger partial charge in [0.1, 0.15) is 5.60 Å². The maximum Gasteiger partial charge on any atom is 0.418 e. The average Bonchev–Trinajstić information content (AvgIpc) is 3.84. The highest BCUT2D eigenvalue weighted by Gasteiger charge is 2.54. The summed E-state index contributed by atoms with van der Waals surface area (Å²) in [5.41, 5.74) is 0.406. The highest BCUT2D eigenvalue weighted by Crippen LogP contribution is 2.52. The van der Waals surface area contributed by atoms with Crippen LogP contribution in [-0.2, 0) is 40.6 Å². The van der Waals surface area contributed by atoms with Gasteiger partial charge >= 0.3 is 12.3 Å². The Morgan fingerprint density at radius 1 is 1.10 bits per heavy atom. The minimum absolute atomic E-state index is 0.000104. The SMILES string of the molecule is Cc1cc(CN(C(=O)C2(c3ccc4c(=O)[nH]nc(CNC(=O)OC(C)(C)C)c4c3)CC2)C2CCCc3cccnc32)ncc1C(F)(F)F. The van der Waals surface area contributed by atoms with Crippen molar-refractivity contribution in [3.63, 3.8) is 0 Å². The van der Waals surface area contributed by atoms with E-state index in [4.69, 9.17) is 4.74 Å². The summed E-state index contributed by atoms with van der Waals surface area (Å²) in [5, 5.41) is 10.2. The zero-order valence-corrected chi connectivity index (χ0v) is 27.2. The fourth-order valence-corrected chi connectivity index (χ4v) is 6.53. The highest BCUT2D eigenvalue weighted by molar-refractivity contribution is 5.94. The molecule has 3 heterocycles. The molecule has 2 N–H and O–H groups in total. The number of aromatic nitrogens is 4. The molecule has 0 bridgehead atoms. The van der Waals surface area contributed by atoms with Gasteiger partial charge in [-0.25, -0.2) is 9.89 Å². The van der Waals surface area contributed by atoms with E-state index in [0.717, 1.165) is 30.3 Å². The van der Waals surface area contributed by atoms with Gasteiger partial charge in [0, 0.05) is 17.8 Å². The number of fused-ring (bicyclic) bond motifs is 2. The molecule has 0 saturated heterocycles. The van der Waals surface area contributed by atoms with E-state index in [1.165, 1.54) is 13.0 Å². The molecule has 10 nitrogen and oxygen atoms in total. The molecule has 0 aliphatic heterocycles. The van der Waals surface area contributed by atoms with E-state index in [-0.39, 0.29) is 24.6 Å². The number of amides is 2. The number of carbonyl (C=O) groups is 2. The first kappa shape index (κ1) is 33.1. The van der Waals surface area contributed by atoms with Crippen molar-refractivity contribution in [3.05, 3.63) is 98.5 Å². The highest BCUT2D eigenvalue weighted by atomic mass is 19.4. The van der Waals surface area contributed by atoms with Crippen molar-refractivity contribution in [1.82, 2.24) is 30.4 Å². The van der Waals surface area contributed by atoms with Gasteiger partial charge in [0.05, 0.1) is 52.6 Å². The number of halogens is 3. The Balaban J connectivity index is 1.37. The normalized spacial score (nSPS) is 17.0. The third kappa shape index (κ3) is 6.63. The number of alkyl halides is 3. The van der Waals surface area contributed by atoms with Gasteiger partial charge in [0.15, 0.2) is 0 Å². The molecule has 0 radical (unpaired) electrons. The minimum atomic E-state index is -4.54. The lowest BCUT2D eigenvalue weighted by molar-refractivity contribution is -0.139. The van der Waals surface area contributed by atoms with Crippen molar-refractivity contribution < 1.29 is 27.5 Å². The van der Waals surface area contributed by atoms with Crippen LogP contribution in [0, 0.1) is 6.92 Å². The number of alkyl carbamates (subject to hydrolysis) is 1. The Morgan fingerprint density at radius 3 is 2.56 bits per heavy atom. The number of ether oxygens (including phenoxy) is 1. The number of aromatic amines is 1. The molecule has 6 rings (SSSR count). The lowest BCUT2D eigenvalue weighted by atomic mass is 9.87. The second-order valence-electron chi connectivity index (χ2n) is 13.6. The number of carbonyl (C=O) groups excluding carboxylic acids is 2. The first-order valence-electron chi connectivity index (χ1n) is 15.9. The quantitative estimate of drug-likeness (QED) is 0.241. The molecule has 3 aromatic heterocycles. The molecular formula is C35H37F3N6O4. The summed E-state index contributed by atoms with van der Waals surface area (Å²) in [5.74, 6) is -0.184. The Morgan fingerprint density at radius 2 is 1.88 bits per heavy atom. The summed E-state index contributed by atoms with van der Waals surface area (Å²) in [6, 6.07) is 10.0. The molecule has 13 heteroatoms. The van der Waals surface area contributed by atoms with Crippen LogP contribution in [0.3, 0.4) is 0 Å². The lowest BCUT2D eigenvalue weighted by Crippen LogP contribution is -2.43. The fraction of sp³-hybridized carbons (Fsp3) is 0.429. The maximum absolute atomic E-state index is 14.8. The number of nitrogens with one attached hydrogen (secondary N) is 2. The smallest absolute Gasteiger partial charge is 0.418 e. The summed E-state index contributed by atoms with van der Waals surface area (Å²) in [6.45, 7) is 6.61. The molecule has 1 saturated carbocycles. The molecule has 1 atom stereocenters. The number of rotatable bonds is 7. The molecule has 1 aromatic carbocycles. The van der Waals surface area contributed by atoms with Crippen molar-refractivity contribution >= 4 is 22.8 Å². The van der Waals surface area contributed by atoms with Crippen LogP contribution in [0.15, 0.2) is 53.6 Å². The van der Waals surface area contributed by atoms with Crippen LogP contribution >= 0.6 is 0 Å². The van der Waals surface area contributed by atoms with E-state index in [9.17, 15) is 27.6 Å². The van der Waals surface area contributed by atoms with Crippen LogP contribution in [-0.4, -0.2) is 42.7 Å². The van der Waals surface area contributed by atoms with Gasteiger partial charge in [-0.3, -0.25) is 19.6 Å². The van der Waals surface area contributed by atoms with Crippen LogP contribution in [0.2, 0.25) is 0 Å². The molecule has 0 spiro atoms. The standard InChI is InChI=1S/C35H37F3N6O4/c1-20-15-23(40-17-26(20)35(36,37)38)19-44(28-9-5-7-21-8-6-14-39-29(21)28)31(46)34(12-13-34)22-10-11-24-25(16-22)27(42-43-30(24)45)18-41-32(47)48-33(2,3)4/h6,8,10-11,14-17,28H,5,7,9,12-13,18-19H2,1-4H3,(H,41,47)(H,43,45). The van der Waals surface area contributed by atoms with Crippen LogP contribution in [0.5, 0.6) is 0 Å². The number of nitrogens with zero attached hydrogens (tertiary/aromatic N) is 4. The molecule has 1 unspecified atom stereocenters. The summed E-state index contributed by atoms with van der Waals surface area (Å²) in [6.07, 6.45) is 0.690. The number of H-pyrrole nitrogens is 1. The molecule has 252 valence electrons. The van der Waals surface area contributed by atoms with E-state index in [1.807, 2.05) is 12.1 Å². The average molecular weight is 663 g/mol. The molecule has 2 aliphatic rings. The largest absolute Gasteiger partial charge is 0.444 e. The summed E-state index contributed by atoms with van der Waals surface area (Å²) in [4.78, 5) is 50.4. The summed E-state index contributed by atoms with van der Waals surface area (Å²) >= 11 is 0.